The summed E-state index contributed by atoms with van der Waals surface area (Å²) < 4.78 is 14.2. The van der Waals surface area contributed by atoms with Crippen LogP contribution in [0, 0.1) is 11.7 Å². The molecule has 1 aromatic rings. The Bertz CT molecular complexity index is 562. The summed E-state index contributed by atoms with van der Waals surface area (Å²) in [7, 11) is 0. The third-order valence-electron chi connectivity index (χ3n) is 4.17. The lowest BCUT2D eigenvalue weighted by Gasteiger charge is -2.21. The molecule has 5 nitrogen and oxygen atoms in total. The molecule has 0 bridgehead atoms. The average molecular weight is 280 g/mol. The number of anilines is 2. The number of aliphatic hydroxyl groups is 2. The summed E-state index contributed by atoms with van der Waals surface area (Å²) in [4.78, 5) is 13.3. The predicted molar refractivity (Wildman–Crippen MR) is 72.0 cm³/mol. The van der Waals surface area contributed by atoms with E-state index in [1.54, 1.807) is 13.0 Å². The van der Waals surface area contributed by atoms with Gasteiger partial charge in [0.2, 0.25) is 0 Å². The van der Waals surface area contributed by atoms with Gasteiger partial charge in [-0.1, -0.05) is 0 Å². The Hall–Kier alpha value is -1.66. The van der Waals surface area contributed by atoms with Crippen LogP contribution in [0.25, 0.3) is 0 Å². The highest BCUT2D eigenvalue weighted by molar-refractivity contribution is 6.02. The number of nitrogens with zero attached hydrogens (tertiary/aromatic N) is 1. The van der Waals surface area contributed by atoms with Crippen LogP contribution in [0.5, 0.6) is 0 Å². The highest BCUT2D eigenvalue weighted by Gasteiger charge is 2.33. The molecule has 108 valence electrons. The first-order valence-electron chi connectivity index (χ1n) is 6.72. The van der Waals surface area contributed by atoms with Crippen molar-refractivity contribution >= 4 is 17.3 Å². The maximum atomic E-state index is 14.2. The summed E-state index contributed by atoms with van der Waals surface area (Å²) in [5, 5.41) is 21.8. The molecule has 2 aliphatic rings. The summed E-state index contributed by atoms with van der Waals surface area (Å²) in [5.41, 5.74) is 1.14. The molecule has 0 aliphatic carbocycles. The fourth-order valence-corrected chi connectivity index (χ4v) is 2.90. The number of aliphatic hydroxyl groups excluding tert-OH is 2. The zero-order valence-electron chi connectivity index (χ0n) is 11.1. The number of benzene rings is 1. The molecule has 1 saturated heterocycles. The Balaban J connectivity index is 1.89. The fraction of sp³-hybridized carbons (Fsp3) is 0.500. The molecule has 1 aromatic carbocycles. The average Bonchev–Trinajstić information content (AvgIpc) is 2.97. The second-order valence-electron chi connectivity index (χ2n) is 5.52. The lowest BCUT2D eigenvalue weighted by molar-refractivity contribution is -0.123. The minimum Gasteiger partial charge on any atom is -0.393 e. The van der Waals surface area contributed by atoms with Crippen LogP contribution in [0.2, 0.25) is 0 Å². The molecule has 20 heavy (non-hydrogen) atoms. The number of halogens is 1. The van der Waals surface area contributed by atoms with Crippen molar-refractivity contribution in [1.82, 2.24) is 0 Å². The van der Waals surface area contributed by atoms with E-state index in [0.717, 1.165) is 6.42 Å². The van der Waals surface area contributed by atoms with Gasteiger partial charge in [0.15, 0.2) is 6.10 Å². The number of hydrogen-bond acceptors (Lipinski definition) is 4. The largest absolute Gasteiger partial charge is 0.393 e. The van der Waals surface area contributed by atoms with Gasteiger partial charge in [-0.25, -0.2) is 4.39 Å². The van der Waals surface area contributed by atoms with Gasteiger partial charge in [-0.15, -0.1) is 0 Å². The highest BCUT2D eigenvalue weighted by atomic mass is 19.1. The first-order valence-corrected chi connectivity index (χ1v) is 6.72. The normalized spacial score (nSPS) is 26.6. The van der Waals surface area contributed by atoms with Crippen LogP contribution in [0.4, 0.5) is 15.8 Å². The van der Waals surface area contributed by atoms with Crippen LogP contribution in [0.1, 0.15) is 25.0 Å². The van der Waals surface area contributed by atoms with E-state index in [4.69, 9.17) is 0 Å². The van der Waals surface area contributed by atoms with Gasteiger partial charge in [-0.05, 0) is 25.5 Å². The van der Waals surface area contributed by atoms with Gasteiger partial charge in [-0.2, -0.15) is 0 Å². The molecule has 0 saturated carbocycles. The van der Waals surface area contributed by atoms with Gasteiger partial charge in [0.1, 0.15) is 5.82 Å². The van der Waals surface area contributed by atoms with Crippen LogP contribution >= 0.6 is 0 Å². The van der Waals surface area contributed by atoms with Gasteiger partial charge in [0.25, 0.3) is 5.91 Å². The molecule has 0 spiro atoms. The minimum atomic E-state index is -1.29. The van der Waals surface area contributed by atoms with E-state index >= 15 is 0 Å². The summed E-state index contributed by atoms with van der Waals surface area (Å²) >= 11 is 0. The molecule has 3 unspecified atom stereocenters. The first-order chi connectivity index (χ1) is 9.47. The van der Waals surface area contributed by atoms with E-state index < -0.39 is 23.9 Å². The van der Waals surface area contributed by atoms with Crippen molar-refractivity contribution < 1.29 is 19.4 Å². The number of hydrogen-bond donors (Lipinski definition) is 3. The van der Waals surface area contributed by atoms with E-state index in [9.17, 15) is 19.4 Å². The zero-order chi connectivity index (χ0) is 14.4. The van der Waals surface area contributed by atoms with Crippen molar-refractivity contribution in [3.05, 3.63) is 23.5 Å². The van der Waals surface area contributed by atoms with Crippen LogP contribution < -0.4 is 10.2 Å². The monoisotopic (exact) mass is 280 g/mol. The lowest BCUT2D eigenvalue weighted by Crippen LogP contribution is -2.24. The number of rotatable bonds is 2. The highest BCUT2D eigenvalue weighted by Crippen LogP contribution is 2.37. The predicted octanol–water partition coefficient (Wildman–Crippen LogP) is 1.02. The second kappa shape index (κ2) is 4.71. The number of carbonyl (C=O) groups excluding carboxylic acids is 1. The topological polar surface area (TPSA) is 72.8 Å². The van der Waals surface area contributed by atoms with Crippen LogP contribution in [0.15, 0.2) is 12.1 Å². The quantitative estimate of drug-likeness (QED) is 0.756. The molecular weight excluding hydrogens is 263 g/mol. The summed E-state index contributed by atoms with van der Waals surface area (Å²) in [6.07, 6.45) is -0.903. The molecule has 3 N–H and O–H groups in total. The van der Waals surface area contributed by atoms with E-state index in [-0.39, 0.29) is 11.5 Å². The summed E-state index contributed by atoms with van der Waals surface area (Å²) in [6, 6.07) is 2.77. The van der Waals surface area contributed by atoms with E-state index in [0.29, 0.717) is 24.5 Å². The van der Waals surface area contributed by atoms with Crippen molar-refractivity contribution in [3.8, 4) is 0 Å². The molecule has 1 fully saturated rings. The summed E-state index contributed by atoms with van der Waals surface area (Å²) in [5.74, 6) is -0.854. The summed E-state index contributed by atoms with van der Waals surface area (Å²) in [6.45, 7) is 3.00. The van der Waals surface area contributed by atoms with Crippen molar-refractivity contribution in [1.29, 1.82) is 0 Å². The van der Waals surface area contributed by atoms with Gasteiger partial charge in [0, 0.05) is 30.3 Å². The molecule has 0 aromatic heterocycles. The maximum Gasteiger partial charge on any atom is 0.257 e. The Morgan fingerprint density at radius 3 is 2.90 bits per heavy atom. The fourth-order valence-electron chi connectivity index (χ4n) is 2.90. The Kier molecular flexibility index (Phi) is 3.14. The molecule has 1 amide bonds. The Labute approximate surface area is 116 Å². The standard InChI is InChI=1S/C14H17FN2O3/c1-7(18)8-2-3-17(6-8)12-5-11-9(4-10(12)15)13(19)14(20)16-11/h4-5,7-8,13,18-19H,2-3,6H2,1H3,(H,16,20). The molecular formula is C14H17FN2O3. The van der Waals surface area contributed by atoms with E-state index in [1.807, 2.05) is 4.90 Å². The molecule has 6 heteroatoms. The Morgan fingerprint density at radius 2 is 2.25 bits per heavy atom. The molecule has 3 atom stereocenters. The van der Waals surface area contributed by atoms with Gasteiger partial charge in [0.05, 0.1) is 11.8 Å². The number of amides is 1. The molecule has 0 radical (unpaired) electrons. The molecule has 3 rings (SSSR count). The van der Waals surface area contributed by atoms with E-state index in [1.165, 1.54) is 6.07 Å². The van der Waals surface area contributed by atoms with E-state index in [2.05, 4.69) is 5.32 Å². The van der Waals surface area contributed by atoms with Crippen molar-refractivity contribution in [2.45, 2.75) is 25.6 Å². The lowest BCUT2D eigenvalue weighted by atomic mass is 10.0. The maximum absolute atomic E-state index is 14.2. The SMILES string of the molecule is CC(O)C1CCN(c2cc3c(cc2F)C(O)C(=O)N3)C1. The van der Waals surface area contributed by atoms with Gasteiger partial charge < -0.3 is 20.4 Å². The van der Waals surface area contributed by atoms with Gasteiger partial charge in [-0.3, -0.25) is 4.79 Å². The third kappa shape index (κ3) is 2.05. The number of carbonyl (C=O) groups is 1. The smallest absolute Gasteiger partial charge is 0.257 e. The van der Waals surface area contributed by atoms with Crippen LogP contribution in [-0.4, -0.2) is 35.3 Å². The second-order valence-corrected chi connectivity index (χ2v) is 5.52. The van der Waals surface area contributed by atoms with Crippen LogP contribution in [-0.2, 0) is 4.79 Å². The van der Waals surface area contributed by atoms with Crippen molar-refractivity contribution in [2.75, 3.05) is 23.3 Å². The molecule has 2 heterocycles. The number of fused-ring (bicyclic) bond motifs is 1. The first kappa shape index (κ1) is 13.3. The Morgan fingerprint density at radius 1 is 1.50 bits per heavy atom. The minimum absolute atomic E-state index is 0.128. The van der Waals surface area contributed by atoms with Crippen molar-refractivity contribution in [3.63, 3.8) is 0 Å². The van der Waals surface area contributed by atoms with Gasteiger partial charge >= 0.3 is 0 Å². The third-order valence-corrected chi connectivity index (χ3v) is 4.17. The number of nitrogens with one attached hydrogen (secondary N) is 1. The van der Waals surface area contributed by atoms with Crippen molar-refractivity contribution in [2.24, 2.45) is 5.92 Å². The zero-order valence-corrected chi connectivity index (χ0v) is 11.1. The van der Waals surface area contributed by atoms with Crippen LogP contribution in [0.3, 0.4) is 0 Å². The molecule has 2 aliphatic heterocycles.